The number of nitrogens with one attached hydrogen (secondary N) is 1. The van der Waals surface area contributed by atoms with E-state index in [1.807, 2.05) is 30.3 Å². The second-order valence-corrected chi connectivity index (χ2v) is 5.34. The van der Waals surface area contributed by atoms with Gasteiger partial charge in [-0.05, 0) is 18.1 Å². The third-order valence-electron chi connectivity index (χ3n) is 3.05. The van der Waals surface area contributed by atoms with Gasteiger partial charge >= 0.3 is 0 Å². The molecule has 2 rings (SSSR count). The van der Waals surface area contributed by atoms with Gasteiger partial charge in [-0.15, -0.1) is 10.2 Å². The van der Waals surface area contributed by atoms with Crippen LogP contribution >= 0.6 is 23.2 Å². The number of nitrogens with zero attached hydrogens (tertiary/aromatic N) is 2. The van der Waals surface area contributed by atoms with Crippen molar-refractivity contribution in [2.24, 2.45) is 0 Å². The molecule has 0 aliphatic carbocycles. The zero-order valence-electron chi connectivity index (χ0n) is 11.5. The number of carbonyl (C=O) groups excluding carboxylic acids is 1. The van der Waals surface area contributed by atoms with Crippen molar-refractivity contribution in [2.45, 2.75) is 25.8 Å². The maximum Gasteiger partial charge on any atom is 0.255 e. The molecule has 1 N–H and O–H groups in total. The predicted octanol–water partition coefficient (Wildman–Crippen LogP) is 4.05. The van der Waals surface area contributed by atoms with Gasteiger partial charge in [0.25, 0.3) is 5.91 Å². The molecule has 1 atom stereocenters. The molecule has 0 aliphatic heterocycles. The Bertz CT molecular complexity index is 620. The van der Waals surface area contributed by atoms with Crippen molar-refractivity contribution >= 4 is 29.1 Å². The second-order valence-electron chi connectivity index (χ2n) is 4.60. The summed E-state index contributed by atoms with van der Waals surface area (Å²) in [5, 5.41) is 10.4. The molecule has 0 spiro atoms. The Labute approximate surface area is 133 Å². The van der Waals surface area contributed by atoms with Gasteiger partial charge in [0, 0.05) is 0 Å². The van der Waals surface area contributed by atoms with Gasteiger partial charge in [0.05, 0.1) is 11.6 Å². The Morgan fingerprint density at radius 3 is 2.62 bits per heavy atom. The summed E-state index contributed by atoms with van der Waals surface area (Å²) in [5.41, 5.74) is 1.28. The molecule has 1 aromatic carbocycles. The van der Waals surface area contributed by atoms with E-state index >= 15 is 0 Å². The zero-order chi connectivity index (χ0) is 15.2. The van der Waals surface area contributed by atoms with Crippen LogP contribution < -0.4 is 5.32 Å². The standard InChI is InChI=1S/C15H15Cl2N3O/c1-2-6-12(10-7-4-3-5-8-10)18-15(21)11-9-13(16)19-20-14(11)17/h3-5,7-9,12H,2,6H2,1H3,(H,18,21). The van der Waals surface area contributed by atoms with Gasteiger partial charge in [-0.3, -0.25) is 4.79 Å². The van der Waals surface area contributed by atoms with E-state index < -0.39 is 0 Å². The first-order valence-corrected chi connectivity index (χ1v) is 7.42. The van der Waals surface area contributed by atoms with E-state index in [0.717, 1.165) is 18.4 Å². The minimum Gasteiger partial charge on any atom is -0.345 e. The minimum atomic E-state index is -0.306. The van der Waals surface area contributed by atoms with Crippen molar-refractivity contribution in [1.29, 1.82) is 0 Å². The molecule has 1 amide bonds. The maximum atomic E-state index is 12.4. The van der Waals surface area contributed by atoms with E-state index in [1.165, 1.54) is 6.07 Å². The summed E-state index contributed by atoms with van der Waals surface area (Å²) < 4.78 is 0. The number of hydrogen-bond acceptors (Lipinski definition) is 3. The van der Waals surface area contributed by atoms with Gasteiger partial charge < -0.3 is 5.32 Å². The Kier molecular flexibility index (Phi) is 5.53. The van der Waals surface area contributed by atoms with E-state index in [9.17, 15) is 4.79 Å². The molecule has 1 heterocycles. The van der Waals surface area contributed by atoms with E-state index in [4.69, 9.17) is 23.2 Å². The molecule has 0 saturated carbocycles. The fraction of sp³-hybridized carbons (Fsp3) is 0.267. The highest BCUT2D eigenvalue weighted by molar-refractivity contribution is 6.34. The third kappa shape index (κ3) is 4.16. The topological polar surface area (TPSA) is 54.9 Å². The predicted molar refractivity (Wildman–Crippen MR) is 83.6 cm³/mol. The lowest BCUT2D eigenvalue weighted by Gasteiger charge is -2.18. The Morgan fingerprint density at radius 2 is 1.95 bits per heavy atom. The molecule has 2 aromatic rings. The number of hydrogen-bond donors (Lipinski definition) is 1. The number of carbonyl (C=O) groups is 1. The highest BCUT2D eigenvalue weighted by Gasteiger charge is 2.18. The van der Waals surface area contributed by atoms with Crippen molar-refractivity contribution in [3.63, 3.8) is 0 Å². The summed E-state index contributed by atoms with van der Waals surface area (Å²) in [6.45, 7) is 2.07. The second kappa shape index (κ2) is 7.38. The number of aromatic nitrogens is 2. The van der Waals surface area contributed by atoms with Crippen LogP contribution in [0.2, 0.25) is 10.3 Å². The Balaban J connectivity index is 2.20. The molecule has 21 heavy (non-hydrogen) atoms. The Morgan fingerprint density at radius 1 is 1.24 bits per heavy atom. The molecule has 6 heteroatoms. The van der Waals surface area contributed by atoms with Crippen molar-refractivity contribution in [3.05, 3.63) is 57.8 Å². The molecule has 0 aliphatic rings. The number of rotatable bonds is 5. The average molecular weight is 324 g/mol. The molecule has 0 saturated heterocycles. The van der Waals surface area contributed by atoms with Crippen LogP contribution in [0.5, 0.6) is 0 Å². The lowest BCUT2D eigenvalue weighted by Crippen LogP contribution is -2.29. The van der Waals surface area contributed by atoms with Gasteiger partial charge in [0.15, 0.2) is 10.3 Å². The van der Waals surface area contributed by atoms with Crippen molar-refractivity contribution in [3.8, 4) is 0 Å². The summed E-state index contributed by atoms with van der Waals surface area (Å²) in [6, 6.07) is 11.1. The summed E-state index contributed by atoms with van der Waals surface area (Å²) >= 11 is 11.7. The van der Waals surface area contributed by atoms with Crippen LogP contribution in [0, 0.1) is 0 Å². The van der Waals surface area contributed by atoms with E-state index in [-0.39, 0.29) is 27.8 Å². The maximum absolute atomic E-state index is 12.4. The first-order valence-electron chi connectivity index (χ1n) is 6.66. The van der Waals surface area contributed by atoms with E-state index in [0.29, 0.717) is 0 Å². The van der Waals surface area contributed by atoms with Gasteiger partial charge in [-0.2, -0.15) is 0 Å². The van der Waals surface area contributed by atoms with Gasteiger partial charge in [0.1, 0.15) is 0 Å². The van der Waals surface area contributed by atoms with Crippen LogP contribution in [0.1, 0.15) is 41.7 Å². The number of amides is 1. The smallest absolute Gasteiger partial charge is 0.255 e. The highest BCUT2D eigenvalue weighted by Crippen LogP contribution is 2.21. The molecule has 4 nitrogen and oxygen atoms in total. The highest BCUT2D eigenvalue weighted by atomic mass is 35.5. The number of benzene rings is 1. The molecule has 0 radical (unpaired) electrons. The fourth-order valence-electron chi connectivity index (χ4n) is 2.04. The Hall–Kier alpha value is -1.65. The van der Waals surface area contributed by atoms with Gasteiger partial charge in [0.2, 0.25) is 0 Å². The average Bonchev–Trinajstić information content (AvgIpc) is 2.50. The summed E-state index contributed by atoms with van der Waals surface area (Å²) in [4.78, 5) is 12.4. The van der Waals surface area contributed by atoms with Crippen LogP contribution in [0.3, 0.4) is 0 Å². The fourth-order valence-corrected chi connectivity index (χ4v) is 2.37. The molecule has 1 aromatic heterocycles. The van der Waals surface area contributed by atoms with Crippen molar-refractivity contribution < 1.29 is 4.79 Å². The normalized spacial score (nSPS) is 12.0. The molecule has 110 valence electrons. The third-order valence-corrected chi connectivity index (χ3v) is 3.51. The monoisotopic (exact) mass is 323 g/mol. The van der Waals surface area contributed by atoms with Crippen LogP contribution in [-0.4, -0.2) is 16.1 Å². The van der Waals surface area contributed by atoms with Crippen molar-refractivity contribution in [1.82, 2.24) is 15.5 Å². The molecule has 1 unspecified atom stereocenters. The van der Waals surface area contributed by atoms with E-state index in [1.54, 1.807) is 0 Å². The SMILES string of the molecule is CCCC(NC(=O)c1cc(Cl)nnc1Cl)c1ccccc1. The van der Waals surface area contributed by atoms with Gasteiger partial charge in [-0.1, -0.05) is 66.9 Å². The molecular weight excluding hydrogens is 309 g/mol. The summed E-state index contributed by atoms with van der Waals surface area (Å²) in [6.07, 6.45) is 1.78. The first kappa shape index (κ1) is 15.7. The lowest BCUT2D eigenvalue weighted by molar-refractivity contribution is 0.0934. The van der Waals surface area contributed by atoms with Gasteiger partial charge in [-0.25, -0.2) is 0 Å². The lowest BCUT2D eigenvalue weighted by atomic mass is 10.0. The van der Waals surface area contributed by atoms with Crippen molar-refractivity contribution in [2.75, 3.05) is 0 Å². The molecule has 0 bridgehead atoms. The largest absolute Gasteiger partial charge is 0.345 e. The van der Waals surface area contributed by atoms with Crippen LogP contribution in [0.15, 0.2) is 36.4 Å². The quantitative estimate of drug-likeness (QED) is 0.902. The van der Waals surface area contributed by atoms with E-state index in [2.05, 4.69) is 22.4 Å². The number of halogens is 2. The summed E-state index contributed by atoms with van der Waals surface area (Å²) in [5.74, 6) is -0.306. The molecular formula is C15H15Cl2N3O. The molecule has 0 fully saturated rings. The van der Waals surface area contributed by atoms with Crippen LogP contribution in [0.25, 0.3) is 0 Å². The first-order chi connectivity index (χ1) is 10.1. The summed E-state index contributed by atoms with van der Waals surface area (Å²) in [7, 11) is 0. The van der Waals surface area contributed by atoms with Crippen LogP contribution in [0.4, 0.5) is 0 Å². The zero-order valence-corrected chi connectivity index (χ0v) is 13.0. The minimum absolute atomic E-state index is 0.0419. The van der Waals surface area contributed by atoms with Crippen LogP contribution in [-0.2, 0) is 0 Å².